The van der Waals surface area contributed by atoms with E-state index in [1.165, 1.54) is 29.1 Å². The van der Waals surface area contributed by atoms with Crippen molar-refractivity contribution in [3.05, 3.63) is 94.8 Å². The van der Waals surface area contributed by atoms with Crippen LogP contribution >= 0.6 is 0 Å². The number of hydrogen-bond donors (Lipinski definition) is 2. The second kappa shape index (κ2) is 12.6. The van der Waals surface area contributed by atoms with Crippen molar-refractivity contribution >= 4 is 27.4 Å². The molecule has 0 spiro atoms. The van der Waals surface area contributed by atoms with E-state index in [4.69, 9.17) is 0 Å². The Labute approximate surface area is 260 Å². The van der Waals surface area contributed by atoms with Gasteiger partial charge in [-0.05, 0) is 54.9 Å². The highest BCUT2D eigenvalue weighted by molar-refractivity contribution is 7.91. The highest BCUT2D eigenvalue weighted by atomic mass is 32.2. The van der Waals surface area contributed by atoms with Gasteiger partial charge in [0.2, 0.25) is 10.0 Å². The van der Waals surface area contributed by atoms with E-state index in [2.05, 4.69) is 5.10 Å². The van der Waals surface area contributed by atoms with Crippen LogP contribution < -0.4 is 10.0 Å². The molecule has 15 heteroatoms. The van der Waals surface area contributed by atoms with Gasteiger partial charge in [-0.3, -0.25) is 14.3 Å². The number of alkyl halides is 6. The van der Waals surface area contributed by atoms with Gasteiger partial charge >= 0.3 is 12.4 Å². The first-order chi connectivity index (χ1) is 21.6. The molecule has 2 N–H and O–H groups in total. The Kier molecular flexibility index (Phi) is 9.08. The molecule has 1 aromatic heterocycles. The summed E-state index contributed by atoms with van der Waals surface area (Å²) in [6.45, 7) is 0.229. The lowest BCUT2D eigenvalue weighted by Gasteiger charge is -2.41. The van der Waals surface area contributed by atoms with Crippen molar-refractivity contribution in [1.82, 2.24) is 19.8 Å². The van der Waals surface area contributed by atoms with Crippen molar-refractivity contribution in [2.24, 2.45) is 0 Å². The standard InChI is InChI=1S/C31H30F6N4O4S/c32-30(33,34)16-5-4-6-20-9-11-22(12-10-20)29(31(35,36)37)18-24(25-15-17-41(39-25)19-21-7-2-1-3-8-21)26(27(42)38-29)28(43)40-46(44,45)23-13-14-23/h1-3,7-12,15,17,23H,4-6,13-14,16,18-19H2,(H,38,42)(H,40,43)/t29-/m0/s1. The van der Waals surface area contributed by atoms with Crippen molar-refractivity contribution in [2.45, 2.75) is 74.6 Å². The summed E-state index contributed by atoms with van der Waals surface area (Å²) in [6, 6.07) is 15.4. The fourth-order valence-electron chi connectivity index (χ4n) is 5.39. The third kappa shape index (κ3) is 7.45. The number of nitrogens with zero attached hydrogens (tertiary/aromatic N) is 2. The third-order valence-electron chi connectivity index (χ3n) is 7.97. The van der Waals surface area contributed by atoms with Crippen LogP contribution in [0.5, 0.6) is 0 Å². The third-order valence-corrected chi connectivity index (χ3v) is 9.79. The van der Waals surface area contributed by atoms with Crippen LogP contribution in [0.2, 0.25) is 0 Å². The van der Waals surface area contributed by atoms with E-state index in [1.807, 2.05) is 22.2 Å². The Morgan fingerprint density at radius 2 is 1.63 bits per heavy atom. The zero-order chi connectivity index (χ0) is 33.3. The number of unbranched alkanes of at least 4 members (excludes halogenated alkanes) is 1. The Balaban J connectivity index is 1.51. The quantitative estimate of drug-likeness (QED) is 0.158. The predicted molar refractivity (Wildman–Crippen MR) is 155 cm³/mol. The van der Waals surface area contributed by atoms with Crippen LogP contribution in [0.3, 0.4) is 0 Å². The van der Waals surface area contributed by atoms with Gasteiger partial charge in [0.1, 0.15) is 5.57 Å². The highest BCUT2D eigenvalue weighted by Gasteiger charge is 2.60. The summed E-state index contributed by atoms with van der Waals surface area (Å²) in [5.74, 6) is -2.79. The molecule has 8 nitrogen and oxygen atoms in total. The van der Waals surface area contributed by atoms with Crippen molar-refractivity contribution in [1.29, 1.82) is 0 Å². The predicted octanol–water partition coefficient (Wildman–Crippen LogP) is 5.55. The van der Waals surface area contributed by atoms with E-state index in [9.17, 15) is 31.2 Å². The smallest absolute Gasteiger partial charge is 0.334 e. The zero-order valence-corrected chi connectivity index (χ0v) is 25.1. The van der Waals surface area contributed by atoms with Gasteiger partial charge in [-0.15, -0.1) is 0 Å². The van der Waals surface area contributed by atoms with E-state index >= 15 is 13.2 Å². The second-order valence-corrected chi connectivity index (χ2v) is 13.4. The number of carbonyl (C=O) groups excluding carboxylic acids is 2. The lowest BCUT2D eigenvalue weighted by Crippen LogP contribution is -2.60. The minimum atomic E-state index is -5.10. The molecule has 1 aliphatic heterocycles. The fourth-order valence-corrected chi connectivity index (χ4v) is 6.68. The number of sulfonamides is 1. The zero-order valence-electron chi connectivity index (χ0n) is 24.3. The van der Waals surface area contributed by atoms with Crippen molar-refractivity contribution in [3.63, 3.8) is 0 Å². The van der Waals surface area contributed by atoms with E-state index in [-0.39, 0.29) is 37.1 Å². The van der Waals surface area contributed by atoms with Crippen molar-refractivity contribution < 1.29 is 44.3 Å². The van der Waals surface area contributed by atoms with Gasteiger partial charge in [-0.2, -0.15) is 31.4 Å². The average molecular weight is 669 g/mol. The van der Waals surface area contributed by atoms with Gasteiger partial charge in [-0.25, -0.2) is 13.1 Å². The summed E-state index contributed by atoms with van der Waals surface area (Å²) in [4.78, 5) is 26.8. The summed E-state index contributed by atoms with van der Waals surface area (Å²) < 4.78 is 111. The number of carbonyl (C=O) groups is 2. The van der Waals surface area contributed by atoms with E-state index < -0.39 is 69.0 Å². The van der Waals surface area contributed by atoms with Crippen LogP contribution in [-0.4, -0.2) is 47.6 Å². The summed E-state index contributed by atoms with van der Waals surface area (Å²) in [6.07, 6.45) is -9.04. The minimum absolute atomic E-state index is 0.116. The first kappa shape index (κ1) is 33.2. The van der Waals surface area contributed by atoms with Gasteiger partial charge in [0.05, 0.1) is 17.5 Å². The molecule has 1 aliphatic carbocycles. The molecule has 0 bridgehead atoms. The van der Waals surface area contributed by atoms with E-state index in [1.54, 1.807) is 18.2 Å². The number of aromatic nitrogens is 2. The Bertz CT molecular complexity index is 1730. The number of rotatable bonds is 11. The second-order valence-electron chi connectivity index (χ2n) is 11.5. The van der Waals surface area contributed by atoms with Gasteiger partial charge in [0, 0.05) is 24.6 Å². The molecule has 2 heterocycles. The Morgan fingerprint density at radius 3 is 2.24 bits per heavy atom. The lowest BCUT2D eigenvalue weighted by atomic mass is 9.77. The van der Waals surface area contributed by atoms with Crippen molar-refractivity contribution in [3.8, 4) is 0 Å². The normalized spacial score (nSPS) is 19.2. The van der Waals surface area contributed by atoms with Crippen LogP contribution in [0.15, 0.2) is 72.4 Å². The fraction of sp³-hybridized carbons (Fsp3) is 0.387. The summed E-state index contributed by atoms with van der Waals surface area (Å²) in [5.41, 5.74) is -3.39. The number of halogens is 6. The first-order valence-corrected chi connectivity index (χ1v) is 16.0. The molecular weight excluding hydrogens is 638 g/mol. The molecule has 0 radical (unpaired) electrons. The van der Waals surface area contributed by atoms with E-state index in [0.29, 0.717) is 18.4 Å². The molecule has 0 unspecified atom stereocenters. The average Bonchev–Trinajstić information content (AvgIpc) is 3.75. The number of hydrogen-bond acceptors (Lipinski definition) is 5. The molecule has 2 aliphatic rings. The van der Waals surface area contributed by atoms with Gasteiger partial charge in [0.15, 0.2) is 5.54 Å². The first-order valence-electron chi connectivity index (χ1n) is 14.5. The Hall–Kier alpha value is -4.14. The van der Waals surface area contributed by atoms with Crippen molar-refractivity contribution in [2.75, 3.05) is 0 Å². The molecule has 2 aromatic carbocycles. The maximum absolute atomic E-state index is 15.0. The van der Waals surface area contributed by atoms with Gasteiger partial charge < -0.3 is 5.32 Å². The largest absolute Gasteiger partial charge is 0.416 e. The van der Waals surface area contributed by atoms with E-state index in [0.717, 1.165) is 17.7 Å². The molecule has 1 fully saturated rings. The monoisotopic (exact) mass is 668 g/mol. The Morgan fingerprint density at radius 1 is 0.957 bits per heavy atom. The maximum atomic E-state index is 15.0. The number of benzene rings is 2. The molecule has 3 aromatic rings. The molecule has 1 atom stereocenters. The lowest BCUT2D eigenvalue weighted by molar-refractivity contribution is -0.202. The topological polar surface area (TPSA) is 110 Å². The summed E-state index contributed by atoms with van der Waals surface area (Å²) >= 11 is 0. The maximum Gasteiger partial charge on any atom is 0.416 e. The minimum Gasteiger partial charge on any atom is -0.334 e. The van der Waals surface area contributed by atoms with Gasteiger partial charge in [0.25, 0.3) is 11.8 Å². The molecule has 0 saturated heterocycles. The molecule has 2 amide bonds. The van der Waals surface area contributed by atoms with Crippen LogP contribution in [0.1, 0.15) is 60.9 Å². The molecule has 46 heavy (non-hydrogen) atoms. The molecule has 1 saturated carbocycles. The summed E-state index contributed by atoms with van der Waals surface area (Å²) in [7, 11) is -4.16. The number of aryl methyl sites for hydroxylation is 1. The molecule has 246 valence electrons. The SMILES string of the molecule is O=C1N[C@@](c2ccc(CCCCC(F)(F)F)cc2)(C(F)(F)F)CC(c2ccn(Cc3ccccc3)n2)=C1C(=O)NS(=O)(=O)C1CC1. The number of amides is 2. The van der Waals surface area contributed by atoms with Crippen LogP contribution in [0.4, 0.5) is 26.3 Å². The summed E-state index contributed by atoms with van der Waals surface area (Å²) in [5, 5.41) is 5.47. The molecule has 5 rings (SSSR count). The molecular formula is C31H30F6N4O4S. The van der Waals surface area contributed by atoms with Crippen LogP contribution in [-0.2, 0) is 38.1 Å². The van der Waals surface area contributed by atoms with Crippen LogP contribution in [0.25, 0.3) is 5.57 Å². The highest BCUT2D eigenvalue weighted by Crippen LogP contribution is 2.48. The van der Waals surface area contributed by atoms with Gasteiger partial charge in [-0.1, -0.05) is 54.6 Å². The number of nitrogens with one attached hydrogen (secondary N) is 2. The van der Waals surface area contributed by atoms with Crippen LogP contribution in [0, 0.1) is 0 Å².